The third-order valence-corrected chi connectivity index (χ3v) is 4.74. The maximum atomic E-state index is 13.1. The van der Waals surface area contributed by atoms with E-state index in [9.17, 15) is 4.79 Å². The molecule has 0 atom stereocenters. The number of rotatable bonds is 2. The Balaban J connectivity index is 2.17. The van der Waals surface area contributed by atoms with Gasteiger partial charge < -0.3 is 0 Å². The summed E-state index contributed by atoms with van der Waals surface area (Å²) in [6.45, 7) is 2.01. The minimum Gasteiger partial charge on any atom is -0.268 e. The summed E-state index contributed by atoms with van der Waals surface area (Å²) >= 11 is 1.59. The second-order valence-electron chi connectivity index (χ2n) is 5.36. The van der Waals surface area contributed by atoms with Crippen LogP contribution < -0.4 is 5.56 Å². The van der Waals surface area contributed by atoms with Gasteiger partial charge >= 0.3 is 0 Å². The van der Waals surface area contributed by atoms with Crippen molar-refractivity contribution in [2.75, 3.05) is 0 Å². The van der Waals surface area contributed by atoms with Crippen LogP contribution in [0.3, 0.4) is 0 Å². The minimum atomic E-state index is -0.0340. The van der Waals surface area contributed by atoms with Gasteiger partial charge in [-0.3, -0.25) is 9.36 Å². The molecule has 0 aliphatic carbocycles. The monoisotopic (exact) mass is 318 g/mol. The van der Waals surface area contributed by atoms with E-state index in [1.807, 2.05) is 73.0 Å². The number of aryl methyl sites for hydroxylation is 1. The lowest BCUT2D eigenvalue weighted by Gasteiger charge is -2.14. The van der Waals surface area contributed by atoms with Gasteiger partial charge in [0.25, 0.3) is 5.56 Å². The largest absolute Gasteiger partial charge is 0.268 e. The van der Waals surface area contributed by atoms with Gasteiger partial charge in [-0.1, -0.05) is 36.4 Å². The van der Waals surface area contributed by atoms with E-state index < -0.39 is 0 Å². The van der Waals surface area contributed by atoms with Crippen LogP contribution in [0.4, 0.5) is 0 Å². The highest BCUT2D eigenvalue weighted by atomic mass is 32.1. The van der Waals surface area contributed by atoms with Crippen LogP contribution in [-0.4, -0.2) is 9.55 Å². The number of hydrogen-bond acceptors (Lipinski definition) is 3. The Kier molecular flexibility index (Phi) is 3.32. The first kappa shape index (κ1) is 13.9. The quantitative estimate of drug-likeness (QED) is 0.548. The van der Waals surface area contributed by atoms with Crippen molar-refractivity contribution < 1.29 is 0 Å². The summed E-state index contributed by atoms with van der Waals surface area (Å²) < 4.78 is 1.73. The summed E-state index contributed by atoms with van der Waals surface area (Å²) in [6, 6.07) is 19.4. The Bertz CT molecular complexity index is 1050. The first-order chi connectivity index (χ1) is 11.3. The third-order valence-electron chi connectivity index (χ3n) is 3.87. The van der Waals surface area contributed by atoms with Crippen LogP contribution in [0, 0.1) is 6.92 Å². The summed E-state index contributed by atoms with van der Waals surface area (Å²) in [6.07, 6.45) is 0. The lowest BCUT2D eigenvalue weighted by molar-refractivity contribution is 0.969. The van der Waals surface area contributed by atoms with E-state index in [2.05, 4.69) is 0 Å². The molecule has 23 heavy (non-hydrogen) atoms. The number of hydrogen-bond donors (Lipinski definition) is 0. The zero-order valence-corrected chi connectivity index (χ0v) is 13.4. The van der Waals surface area contributed by atoms with Crippen molar-refractivity contribution in [3.63, 3.8) is 0 Å². The van der Waals surface area contributed by atoms with E-state index in [1.165, 1.54) is 0 Å². The van der Waals surface area contributed by atoms with Gasteiger partial charge in [-0.25, -0.2) is 4.98 Å². The van der Waals surface area contributed by atoms with Gasteiger partial charge in [0.05, 0.1) is 21.5 Å². The van der Waals surface area contributed by atoms with E-state index in [0.29, 0.717) is 11.2 Å². The summed E-state index contributed by atoms with van der Waals surface area (Å²) in [5, 5.41) is 2.63. The van der Waals surface area contributed by atoms with Crippen molar-refractivity contribution in [1.29, 1.82) is 0 Å². The SMILES string of the molecule is Cc1ccccc1-n1c(-c2cccs2)nc2ccccc2c1=O. The molecule has 0 aliphatic rings. The topological polar surface area (TPSA) is 34.9 Å². The zero-order chi connectivity index (χ0) is 15.8. The van der Waals surface area contributed by atoms with Crippen molar-refractivity contribution in [2.45, 2.75) is 6.92 Å². The molecule has 0 radical (unpaired) electrons. The molecule has 0 N–H and O–H groups in total. The summed E-state index contributed by atoms with van der Waals surface area (Å²) in [5.41, 5.74) is 2.61. The predicted molar refractivity (Wildman–Crippen MR) is 95.4 cm³/mol. The summed E-state index contributed by atoms with van der Waals surface area (Å²) in [4.78, 5) is 18.9. The molecule has 0 fully saturated rings. The van der Waals surface area contributed by atoms with E-state index in [1.54, 1.807) is 15.9 Å². The Morgan fingerprint density at radius 2 is 1.74 bits per heavy atom. The first-order valence-electron chi connectivity index (χ1n) is 7.37. The molecular formula is C19H14N2OS. The van der Waals surface area contributed by atoms with Gasteiger partial charge in [-0.15, -0.1) is 11.3 Å². The zero-order valence-electron chi connectivity index (χ0n) is 12.6. The van der Waals surface area contributed by atoms with Crippen molar-refractivity contribution in [1.82, 2.24) is 9.55 Å². The van der Waals surface area contributed by atoms with Gasteiger partial charge in [-0.05, 0) is 42.1 Å². The van der Waals surface area contributed by atoms with Crippen LogP contribution in [0.25, 0.3) is 27.3 Å². The van der Waals surface area contributed by atoms with Crippen LogP contribution in [-0.2, 0) is 0 Å². The molecule has 0 aliphatic heterocycles. The molecule has 4 heteroatoms. The number of thiophene rings is 1. The van der Waals surface area contributed by atoms with Crippen LogP contribution in [0.1, 0.15) is 5.56 Å². The highest BCUT2D eigenvalue weighted by Crippen LogP contribution is 2.26. The lowest BCUT2D eigenvalue weighted by Crippen LogP contribution is -2.22. The third kappa shape index (κ3) is 2.28. The van der Waals surface area contributed by atoms with Gasteiger partial charge in [0.1, 0.15) is 0 Å². The van der Waals surface area contributed by atoms with Crippen LogP contribution >= 0.6 is 11.3 Å². The van der Waals surface area contributed by atoms with Crippen LogP contribution in [0.2, 0.25) is 0 Å². The smallest absolute Gasteiger partial charge is 0.266 e. The normalized spacial score (nSPS) is 11.0. The van der Waals surface area contributed by atoms with Crippen LogP contribution in [0.15, 0.2) is 70.8 Å². The standard InChI is InChI=1S/C19H14N2OS/c1-13-7-2-5-10-16(13)21-18(17-11-6-12-23-17)20-15-9-4-3-8-14(15)19(21)22/h2-12H,1H3. The van der Waals surface area contributed by atoms with Gasteiger partial charge in [0.2, 0.25) is 0 Å². The highest BCUT2D eigenvalue weighted by molar-refractivity contribution is 7.13. The Morgan fingerprint density at radius 3 is 2.52 bits per heavy atom. The molecular weight excluding hydrogens is 304 g/mol. The van der Waals surface area contributed by atoms with Gasteiger partial charge in [0, 0.05) is 0 Å². The molecule has 0 spiro atoms. The fourth-order valence-corrected chi connectivity index (χ4v) is 3.44. The molecule has 2 aromatic heterocycles. The molecule has 0 bridgehead atoms. The number of para-hydroxylation sites is 2. The molecule has 3 nitrogen and oxygen atoms in total. The van der Waals surface area contributed by atoms with Gasteiger partial charge in [0.15, 0.2) is 5.82 Å². The fraction of sp³-hybridized carbons (Fsp3) is 0.0526. The first-order valence-corrected chi connectivity index (χ1v) is 8.25. The van der Waals surface area contributed by atoms with E-state index in [4.69, 9.17) is 4.98 Å². The Morgan fingerprint density at radius 1 is 0.957 bits per heavy atom. The molecule has 0 saturated carbocycles. The average Bonchev–Trinajstić information content (AvgIpc) is 3.10. The van der Waals surface area contributed by atoms with E-state index >= 15 is 0 Å². The van der Waals surface area contributed by atoms with Crippen molar-refractivity contribution >= 4 is 22.2 Å². The Hall–Kier alpha value is -2.72. The average molecular weight is 318 g/mol. The van der Waals surface area contributed by atoms with E-state index in [0.717, 1.165) is 21.6 Å². The van der Waals surface area contributed by atoms with E-state index in [-0.39, 0.29) is 5.56 Å². The number of aromatic nitrogens is 2. The maximum Gasteiger partial charge on any atom is 0.266 e. The van der Waals surface area contributed by atoms with Crippen LogP contribution in [0.5, 0.6) is 0 Å². The molecule has 2 aromatic carbocycles. The number of benzene rings is 2. The van der Waals surface area contributed by atoms with Gasteiger partial charge in [-0.2, -0.15) is 0 Å². The summed E-state index contributed by atoms with van der Waals surface area (Å²) in [5.74, 6) is 0.693. The Labute approximate surface area is 137 Å². The second kappa shape index (κ2) is 5.48. The predicted octanol–water partition coefficient (Wildman–Crippen LogP) is 4.42. The fourth-order valence-electron chi connectivity index (χ4n) is 2.74. The highest BCUT2D eigenvalue weighted by Gasteiger charge is 2.15. The van der Waals surface area contributed by atoms with Crippen molar-refractivity contribution in [3.05, 3.63) is 82.0 Å². The molecule has 0 amide bonds. The second-order valence-corrected chi connectivity index (χ2v) is 6.30. The van der Waals surface area contributed by atoms with Crippen molar-refractivity contribution in [2.24, 2.45) is 0 Å². The lowest BCUT2D eigenvalue weighted by atomic mass is 10.1. The molecule has 4 rings (SSSR count). The maximum absolute atomic E-state index is 13.1. The summed E-state index contributed by atoms with van der Waals surface area (Å²) in [7, 11) is 0. The number of fused-ring (bicyclic) bond motifs is 1. The van der Waals surface area contributed by atoms with Crippen molar-refractivity contribution in [3.8, 4) is 16.4 Å². The molecule has 0 saturated heterocycles. The minimum absolute atomic E-state index is 0.0340. The molecule has 4 aromatic rings. The molecule has 112 valence electrons. The molecule has 0 unspecified atom stereocenters. The number of nitrogens with zero attached hydrogens (tertiary/aromatic N) is 2. The molecule has 2 heterocycles.